The molecule has 1 aliphatic heterocycles. The van der Waals surface area contributed by atoms with Crippen LogP contribution in [0.1, 0.15) is 28.8 Å². The lowest BCUT2D eigenvalue weighted by Gasteiger charge is -2.36. The molecule has 0 spiro atoms. The molecular formula is C20H21NO3. The van der Waals surface area contributed by atoms with E-state index in [0.29, 0.717) is 24.9 Å². The lowest BCUT2D eigenvalue weighted by molar-refractivity contribution is -0.152. The number of methoxy groups -OCH3 is 1. The number of carbonyl (C=O) groups is 2. The summed E-state index contributed by atoms with van der Waals surface area (Å²) < 4.78 is 5.09. The van der Waals surface area contributed by atoms with E-state index in [-0.39, 0.29) is 11.9 Å². The largest absolute Gasteiger partial charge is 0.467 e. The molecule has 2 aromatic rings. The highest BCUT2D eigenvalue weighted by Crippen LogP contribution is 2.35. The quantitative estimate of drug-likeness (QED) is 0.812. The van der Waals surface area contributed by atoms with Gasteiger partial charge in [0.2, 0.25) is 0 Å². The molecule has 0 radical (unpaired) electrons. The van der Waals surface area contributed by atoms with Crippen LogP contribution in [-0.4, -0.2) is 36.0 Å². The van der Waals surface area contributed by atoms with Gasteiger partial charge in [-0.2, -0.15) is 0 Å². The van der Waals surface area contributed by atoms with Gasteiger partial charge in [-0.05, 0) is 30.5 Å². The minimum absolute atomic E-state index is 0.116. The van der Waals surface area contributed by atoms with Crippen molar-refractivity contribution in [2.75, 3.05) is 13.7 Å². The zero-order chi connectivity index (χ0) is 17.0. The highest BCUT2D eigenvalue weighted by Gasteiger charge is 2.50. The van der Waals surface area contributed by atoms with Crippen LogP contribution in [-0.2, 0) is 16.0 Å². The number of esters is 1. The van der Waals surface area contributed by atoms with E-state index in [1.165, 1.54) is 7.11 Å². The summed E-state index contributed by atoms with van der Waals surface area (Å²) in [4.78, 5) is 27.4. The molecule has 0 aromatic heterocycles. The van der Waals surface area contributed by atoms with E-state index in [0.717, 1.165) is 12.0 Å². The molecule has 0 N–H and O–H groups in total. The maximum atomic E-state index is 13.0. The maximum absolute atomic E-state index is 13.0. The minimum Gasteiger partial charge on any atom is -0.467 e. The third-order valence-electron chi connectivity index (χ3n) is 4.66. The molecule has 0 bridgehead atoms. The number of amides is 1. The van der Waals surface area contributed by atoms with Crippen molar-refractivity contribution in [2.45, 2.75) is 24.8 Å². The van der Waals surface area contributed by atoms with Crippen molar-refractivity contribution in [1.82, 2.24) is 4.90 Å². The molecule has 1 heterocycles. The van der Waals surface area contributed by atoms with Crippen molar-refractivity contribution in [1.29, 1.82) is 0 Å². The fourth-order valence-corrected chi connectivity index (χ4v) is 3.50. The van der Waals surface area contributed by atoms with Crippen LogP contribution in [0.4, 0.5) is 0 Å². The molecule has 4 nitrogen and oxygen atoms in total. The topological polar surface area (TPSA) is 46.6 Å². The molecule has 24 heavy (non-hydrogen) atoms. The van der Waals surface area contributed by atoms with E-state index in [1.807, 2.05) is 48.5 Å². The van der Waals surface area contributed by atoms with Gasteiger partial charge in [0, 0.05) is 18.5 Å². The number of likely N-dealkylation sites (tertiary alicyclic amines) is 1. The van der Waals surface area contributed by atoms with E-state index in [2.05, 4.69) is 0 Å². The van der Waals surface area contributed by atoms with Gasteiger partial charge in [-0.1, -0.05) is 48.5 Å². The van der Waals surface area contributed by atoms with E-state index in [4.69, 9.17) is 4.74 Å². The van der Waals surface area contributed by atoms with E-state index >= 15 is 0 Å². The summed E-state index contributed by atoms with van der Waals surface area (Å²) in [5, 5.41) is 0. The summed E-state index contributed by atoms with van der Waals surface area (Å²) in [7, 11) is 1.39. The number of hydrogen-bond acceptors (Lipinski definition) is 3. The van der Waals surface area contributed by atoms with Gasteiger partial charge < -0.3 is 9.64 Å². The van der Waals surface area contributed by atoms with Gasteiger partial charge in [0.15, 0.2) is 0 Å². The minimum atomic E-state index is -0.928. The second-order valence-corrected chi connectivity index (χ2v) is 6.11. The van der Waals surface area contributed by atoms with Crippen LogP contribution in [0.15, 0.2) is 60.7 Å². The summed E-state index contributed by atoms with van der Waals surface area (Å²) >= 11 is 0. The van der Waals surface area contributed by atoms with Gasteiger partial charge in [-0.15, -0.1) is 0 Å². The predicted molar refractivity (Wildman–Crippen MR) is 91.6 cm³/mol. The molecule has 1 saturated heterocycles. The van der Waals surface area contributed by atoms with Gasteiger partial charge in [0.25, 0.3) is 5.91 Å². The molecule has 0 saturated carbocycles. The van der Waals surface area contributed by atoms with Crippen molar-refractivity contribution < 1.29 is 14.3 Å². The lowest BCUT2D eigenvalue weighted by atomic mass is 9.87. The molecule has 1 atom stereocenters. The monoisotopic (exact) mass is 323 g/mol. The predicted octanol–water partition coefficient (Wildman–Crippen LogP) is 3.08. The molecule has 3 rings (SSSR count). The zero-order valence-electron chi connectivity index (χ0n) is 13.8. The Kier molecular flexibility index (Phi) is 4.65. The van der Waals surface area contributed by atoms with Crippen LogP contribution in [0.3, 0.4) is 0 Å². The van der Waals surface area contributed by atoms with Crippen molar-refractivity contribution in [3.63, 3.8) is 0 Å². The SMILES string of the molecule is COC(=O)[C@@]1(Cc2ccccc2)CCCN1C(=O)c1ccccc1. The lowest BCUT2D eigenvalue weighted by Crippen LogP contribution is -2.55. The molecule has 1 aliphatic rings. The summed E-state index contributed by atoms with van der Waals surface area (Å²) in [5.74, 6) is -0.456. The van der Waals surface area contributed by atoms with Gasteiger partial charge in [-0.25, -0.2) is 4.79 Å². The molecule has 0 unspecified atom stereocenters. The second-order valence-electron chi connectivity index (χ2n) is 6.11. The number of benzene rings is 2. The standard InChI is InChI=1S/C20H21NO3/c1-24-19(23)20(15-16-9-4-2-5-10-16)13-8-14-21(20)18(22)17-11-6-3-7-12-17/h2-7,9-12H,8,13-15H2,1H3/t20-/m0/s1. The summed E-state index contributed by atoms with van der Waals surface area (Å²) in [6, 6.07) is 18.9. The Labute approximate surface area is 142 Å². The Morgan fingerprint density at radius 2 is 1.67 bits per heavy atom. The fourth-order valence-electron chi connectivity index (χ4n) is 3.50. The zero-order valence-corrected chi connectivity index (χ0v) is 13.8. The molecule has 4 heteroatoms. The van der Waals surface area contributed by atoms with Gasteiger partial charge in [-0.3, -0.25) is 4.79 Å². The number of rotatable bonds is 4. The van der Waals surface area contributed by atoms with Crippen molar-refractivity contribution in [3.8, 4) is 0 Å². The van der Waals surface area contributed by atoms with E-state index in [9.17, 15) is 9.59 Å². The van der Waals surface area contributed by atoms with Gasteiger partial charge >= 0.3 is 5.97 Å². The van der Waals surface area contributed by atoms with Crippen LogP contribution < -0.4 is 0 Å². The maximum Gasteiger partial charge on any atom is 0.332 e. The average Bonchev–Trinajstić information content (AvgIpc) is 3.06. The number of carbonyl (C=O) groups excluding carboxylic acids is 2. The van der Waals surface area contributed by atoms with Gasteiger partial charge in [0.1, 0.15) is 5.54 Å². The Morgan fingerprint density at radius 1 is 1.04 bits per heavy atom. The van der Waals surface area contributed by atoms with Crippen LogP contribution in [0.5, 0.6) is 0 Å². The van der Waals surface area contributed by atoms with Crippen LogP contribution in [0, 0.1) is 0 Å². The average molecular weight is 323 g/mol. The Balaban J connectivity index is 1.97. The highest BCUT2D eigenvalue weighted by atomic mass is 16.5. The smallest absolute Gasteiger partial charge is 0.332 e. The number of ether oxygens (including phenoxy) is 1. The molecule has 0 aliphatic carbocycles. The Bertz CT molecular complexity index is 714. The first-order valence-corrected chi connectivity index (χ1v) is 8.17. The first-order chi connectivity index (χ1) is 11.7. The molecule has 1 amide bonds. The van der Waals surface area contributed by atoms with E-state index < -0.39 is 5.54 Å². The number of hydrogen-bond donors (Lipinski definition) is 0. The molecule has 124 valence electrons. The van der Waals surface area contributed by atoms with Crippen LogP contribution in [0.25, 0.3) is 0 Å². The molecule has 2 aromatic carbocycles. The normalized spacial score (nSPS) is 20.0. The van der Waals surface area contributed by atoms with Crippen LogP contribution in [0.2, 0.25) is 0 Å². The van der Waals surface area contributed by atoms with E-state index in [1.54, 1.807) is 17.0 Å². The summed E-state index contributed by atoms with van der Waals surface area (Å²) in [6.45, 7) is 0.565. The first-order valence-electron chi connectivity index (χ1n) is 8.17. The molecule has 1 fully saturated rings. The van der Waals surface area contributed by atoms with Crippen molar-refractivity contribution >= 4 is 11.9 Å². The fraction of sp³-hybridized carbons (Fsp3) is 0.300. The highest BCUT2D eigenvalue weighted by molar-refractivity contribution is 5.98. The summed E-state index contributed by atoms with van der Waals surface area (Å²) in [5.41, 5.74) is 0.694. The number of nitrogens with zero attached hydrogens (tertiary/aromatic N) is 1. The van der Waals surface area contributed by atoms with Crippen LogP contribution >= 0.6 is 0 Å². The summed E-state index contributed by atoms with van der Waals surface area (Å²) in [6.07, 6.45) is 1.88. The van der Waals surface area contributed by atoms with Crippen molar-refractivity contribution in [3.05, 3.63) is 71.8 Å². The Hall–Kier alpha value is -2.62. The third kappa shape index (κ3) is 2.92. The second kappa shape index (κ2) is 6.87. The third-order valence-corrected chi connectivity index (χ3v) is 4.66. The van der Waals surface area contributed by atoms with Crippen molar-refractivity contribution in [2.24, 2.45) is 0 Å². The molecular weight excluding hydrogens is 302 g/mol. The Morgan fingerprint density at radius 3 is 2.29 bits per heavy atom. The first kappa shape index (κ1) is 16.2. The van der Waals surface area contributed by atoms with Gasteiger partial charge in [0.05, 0.1) is 7.11 Å².